The van der Waals surface area contributed by atoms with Gasteiger partial charge in [0, 0.05) is 17.7 Å². The van der Waals surface area contributed by atoms with Crippen molar-refractivity contribution in [3.8, 4) is 0 Å². The maximum atomic E-state index is 10.5. The van der Waals surface area contributed by atoms with Crippen molar-refractivity contribution >= 4 is 5.71 Å². The van der Waals surface area contributed by atoms with E-state index in [9.17, 15) is 5.11 Å². The highest BCUT2D eigenvalue weighted by Gasteiger charge is 2.54. The van der Waals surface area contributed by atoms with Crippen LogP contribution in [-0.2, 0) is 0 Å². The molecular formula is C29H47NO. The van der Waals surface area contributed by atoms with Crippen LogP contribution >= 0.6 is 0 Å². The van der Waals surface area contributed by atoms with Crippen LogP contribution in [0.5, 0.6) is 0 Å². The van der Waals surface area contributed by atoms with Gasteiger partial charge < -0.3 is 5.11 Å². The maximum absolute atomic E-state index is 10.5. The molecule has 0 saturated heterocycles. The predicted molar refractivity (Wildman–Crippen MR) is 132 cm³/mol. The van der Waals surface area contributed by atoms with Gasteiger partial charge >= 0.3 is 0 Å². The molecule has 4 aliphatic rings. The summed E-state index contributed by atoms with van der Waals surface area (Å²) in [5.41, 5.74) is 6.83. The highest BCUT2D eigenvalue weighted by molar-refractivity contribution is 6.06. The van der Waals surface area contributed by atoms with Crippen LogP contribution in [0.2, 0.25) is 0 Å². The summed E-state index contributed by atoms with van der Waals surface area (Å²) in [4.78, 5) is 5.26. The normalized spacial score (nSPS) is 41.2. The van der Waals surface area contributed by atoms with E-state index >= 15 is 0 Å². The highest BCUT2D eigenvalue weighted by Crippen LogP contribution is 2.61. The van der Waals surface area contributed by atoms with Crippen molar-refractivity contribution in [3.63, 3.8) is 0 Å². The van der Waals surface area contributed by atoms with E-state index in [1.807, 2.05) is 0 Å². The fourth-order valence-electron chi connectivity index (χ4n) is 8.13. The molecule has 3 aliphatic carbocycles. The molecule has 2 nitrogen and oxygen atoms in total. The first-order chi connectivity index (χ1) is 14.6. The second-order valence-electron chi connectivity index (χ2n) is 12.4. The molecule has 7 atom stereocenters. The Balaban J connectivity index is 1.60. The van der Waals surface area contributed by atoms with Crippen molar-refractivity contribution in [2.75, 3.05) is 6.54 Å². The van der Waals surface area contributed by atoms with Crippen LogP contribution < -0.4 is 0 Å². The van der Waals surface area contributed by atoms with Gasteiger partial charge in [0.15, 0.2) is 0 Å². The molecule has 1 heterocycles. The molecule has 2 heteroatoms. The smallest absolute Gasteiger partial charge is 0.0569 e. The summed E-state index contributed by atoms with van der Waals surface area (Å²) in [6.07, 6.45) is 10.7. The molecule has 0 aromatic heterocycles. The van der Waals surface area contributed by atoms with Crippen LogP contribution in [0.4, 0.5) is 0 Å². The third-order valence-corrected chi connectivity index (χ3v) is 10.5. The van der Waals surface area contributed by atoms with Gasteiger partial charge in [-0.05, 0) is 98.4 Å². The van der Waals surface area contributed by atoms with Crippen molar-refractivity contribution in [3.05, 3.63) is 23.3 Å². The Kier molecular flexibility index (Phi) is 6.36. The van der Waals surface area contributed by atoms with Crippen molar-refractivity contribution in [1.82, 2.24) is 0 Å². The van der Waals surface area contributed by atoms with E-state index in [1.165, 1.54) is 56.2 Å². The Hall–Kier alpha value is -0.890. The first kappa shape index (κ1) is 23.3. The van der Waals surface area contributed by atoms with Gasteiger partial charge in [-0.1, -0.05) is 59.3 Å². The lowest BCUT2D eigenvalue weighted by molar-refractivity contribution is -0.0278. The van der Waals surface area contributed by atoms with E-state index < -0.39 is 0 Å². The van der Waals surface area contributed by atoms with Crippen molar-refractivity contribution < 1.29 is 5.11 Å². The number of rotatable bonds is 5. The molecule has 1 saturated carbocycles. The van der Waals surface area contributed by atoms with Crippen LogP contribution in [0.1, 0.15) is 99.3 Å². The second kappa shape index (κ2) is 8.47. The number of aliphatic hydroxyl groups excluding tert-OH is 1. The van der Waals surface area contributed by atoms with Crippen LogP contribution in [0, 0.1) is 40.4 Å². The zero-order valence-electron chi connectivity index (χ0n) is 21.1. The molecule has 1 aliphatic heterocycles. The lowest BCUT2D eigenvalue weighted by atomic mass is 9.49. The van der Waals surface area contributed by atoms with Crippen LogP contribution in [-0.4, -0.2) is 23.5 Å². The average molecular weight is 426 g/mol. The predicted octanol–water partition coefficient (Wildman–Crippen LogP) is 7.38. The summed E-state index contributed by atoms with van der Waals surface area (Å²) in [7, 11) is 0. The summed E-state index contributed by atoms with van der Waals surface area (Å²) in [5, 5.41) is 10.5. The second-order valence-corrected chi connectivity index (χ2v) is 12.4. The number of fused-ring (bicyclic) bond motifs is 4. The van der Waals surface area contributed by atoms with Gasteiger partial charge in [0.05, 0.1) is 6.10 Å². The fourth-order valence-corrected chi connectivity index (χ4v) is 8.13. The van der Waals surface area contributed by atoms with E-state index in [0.717, 1.165) is 31.2 Å². The third-order valence-electron chi connectivity index (χ3n) is 10.5. The molecule has 4 rings (SSSR count). The summed E-state index contributed by atoms with van der Waals surface area (Å²) >= 11 is 0. The lowest BCUT2D eigenvalue weighted by Crippen LogP contribution is -2.51. The lowest BCUT2D eigenvalue weighted by Gasteiger charge is -2.57. The molecule has 0 aromatic rings. The van der Waals surface area contributed by atoms with Gasteiger partial charge in [-0.25, -0.2) is 0 Å². The van der Waals surface area contributed by atoms with Gasteiger partial charge in [-0.2, -0.15) is 0 Å². The summed E-state index contributed by atoms with van der Waals surface area (Å²) in [6.45, 7) is 19.8. The van der Waals surface area contributed by atoms with Crippen molar-refractivity contribution in [1.29, 1.82) is 0 Å². The molecule has 174 valence electrons. The molecular weight excluding hydrogens is 378 g/mol. The zero-order valence-corrected chi connectivity index (χ0v) is 21.1. The molecule has 0 spiro atoms. The Labute approximate surface area is 191 Å². The summed E-state index contributed by atoms with van der Waals surface area (Å²) in [5.74, 6) is 3.13. The Morgan fingerprint density at radius 1 is 1.10 bits per heavy atom. The van der Waals surface area contributed by atoms with E-state index in [0.29, 0.717) is 17.8 Å². The molecule has 0 aromatic carbocycles. The van der Waals surface area contributed by atoms with Gasteiger partial charge in [0.25, 0.3) is 0 Å². The average Bonchev–Trinajstić information content (AvgIpc) is 2.73. The molecule has 31 heavy (non-hydrogen) atoms. The summed E-state index contributed by atoms with van der Waals surface area (Å²) in [6, 6.07) is 0. The Morgan fingerprint density at radius 3 is 2.55 bits per heavy atom. The first-order valence-corrected chi connectivity index (χ1v) is 13.2. The highest BCUT2D eigenvalue weighted by atomic mass is 16.3. The van der Waals surface area contributed by atoms with Crippen molar-refractivity contribution in [2.45, 2.75) is 105 Å². The fraction of sp³-hybridized carbons (Fsp3) is 0.828. The van der Waals surface area contributed by atoms with Crippen molar-refractivity contribution in [2.24, 2.45) is 45.4 Å². The quantitative estimate of drug-likeness (QED) is 0.458. The SMILES string of the molecule is C=C(CCC(C)[C@H]1CCN=C2C3=C(CC[C@@]21C)[C@@]1(C)CC[C@H](O)[C@@H](C)C1CC3)C(C)C. The number of aliphatic hydroxyl groups is 1. The minimum atomic E-state index is -0.105. The van der Waals surface area contributed by atoms with E-state index in [-0.39, 0.29) is 16.9 Å². The Bertz CT molecular complexity index is 776. The van der Waals surface area contributed by atoms with Crippen LogP contribution in [0.3, 0.4) is 0 Å². The number of allylic oxidation sites excluding steroid dienone is 3. The molecule has 2 unspecified atom stereocenters. The van der Waals surface area contributed by atoms with E-state index in [1.54, 1.807) is 11.1 Å². The molecule has 0 radical (unpaired) electrons. The van der Waals surface area contributed by atoms with Crippen LogP contribution in [0.15, 0.2) is 28.3 Å². The minimum absolute atomic E-state index is 0.105. The monoisotopic (exact) mass is 425 g/mol. The molecule has 0 bridgehead atoms. The topological polar surface area (TPSA) is 32.6 Å². The van der Waals surface area contributed by atoms with E-state index in [4.69, 9.17) is 4.99 Å². The maximum Gasteiger partial charge on any atom is 0.0569 e. The number of nitrogens with zero attached hydrogens (tertiary/aromatic N) is 1. The molecule has 1 fully saturated rings. The first-order valence-electron chi connectivity index (χ1n) is 13.2. The van der Waals surface area contributed by atoms with Gasteiger partial charge in [0.2, 0.25) is 0 Å². The summed E-state index contributed by atoms with van der Waals surface area (Å²) < 4.78 is 0. The van der Waals surface area contributed by atoms with Crippen LogP contribution in [0.25, 0.3) is 0 Å². The third kappa shape index (κ3) is 3.79. The van der Waals surface area contributed by atoms with Gasteiger partial charge in [-0.15, -0.1) is 0 Å². The zero-order chi connectivity index (χ0) is 22.6. The van der Waals surface area contributed by atoms with E-state index in [2.05, 4.69) is 48.1 Å². The number of hydrogen-bond acceptors (Lipinski definition) is 2. The molecule has 0 amide bonds. The Morgan fingerprint density at radius 2 is 1.84 bits per heavy atom. The van der Waals surface area contributed by atoms with Gasteiger partial charge in [-0.3, -0.25) is 4.99 Å². The number of aliphatic imine (C=N–C) groups is 1. The number of hydrogen-bond donors (Lipinski definition) is 1. The standard InChI is InChI=1S/C29H47NO/c1-18(2)19(3)8-9-20(4)23-14-17-30-27-22-10-11-24-21(5)26(31)13-16-28(24,6)25(22)12-15-29(23,27)7/h18,20-21,23-24,26,31H,3,8-17H2,1-2,4-7H3/t20?,21-,23+,24?,26-,28-,29+/m0/s1. The van der Waals surface area contributed by atoms with Gasteiger partial charge in [0.1, 0.15) is 0 Å². The largest absolute Gasteiger partial charge is 0.393 e. The molecule has 1 N–H and O–H groups in total. The minimum Gasteiger partial charge on any atom is -0.393 e.